The number of aromatic nitrogens is 2. The number of aromatic hydroxyl groups is 1. The summed E-state index contributed by atoms with van der Waals surface area (Å²) >= 11 is 0. The molecular weight excluding hydrogens is 469 g/mol. The van der Waals surface area contributed by atoms with Crippen LogP contribution < -0.4 is 15.4 Å². The number of anilines is 2. The van der Waals surface area contributed by atoms with Gasteiger partial charge in [-0.15, -0.1) is 0 Å². The standard InChI is InChI=1S/C25H28FN5O5/c26-21-2-1-18(34)12-20(21)22-13-19(24-25(30-22)28-4-10-36-24)16-11-17(15-27-14-16)29-23(35)3-5-31(6-8-32)7-9-33/h1-2,11-15,32-34H,3-10H2,(H,28,30)(H,29,35). The van der Waals surface area contributed by atoms with E-state index in [1.807, 2.05) is 0 Å². The fourth-order valence-corrected chi connectivity index (χ4v) is 3.94. The average Bonchev–Trinajstić information content (AvgIpc) is 2.88. The highest BCUT2D eigenvalue weighted by atomic mass is 19.1. The van der Waals surface area contributed by atoms with Crippen molar-refractivity contribution in [2.75, 3.05) is 56.6 Å². The summed E-state index contributed by atoms with van der Waals surface area (Å²) in [6.45, 7) is 1.95. The number of aliphatic hydroxyl groups is 2. The highest BCUT2D eigenvalue weighted by Crippen LogP contribution is 2.41. The van der Waals surface area contributed by atoms with E-state index in [4.69, 9.17) is 14.9 Å². The van der Waals surface area contributed by atoms with Crippen LogP contribution in [0.4, 0.5) is 15.9 Å². The Balaban J connectivity index is 1.60. The molecule has 0 radical (unpaired) electrons. The van der Waals surface area contributed by atoms with E-state index in [-0.39, 0.29) is 36.9 Å². The summed E-state index contributed by atoms with van der Waals surface area (Å²) in [6.07, 6.45) is 3.29. The topological polar surface area (TPSA) is 140 Å². The Morgan fingerprint density at radius 1 is 1.11 bits per heavy atom. The molecule has 2 aromatic heterocycles. The van der Waals surface area contributed by atoms with Crippen LogP contribution in [0.5, 0.6) is 11.5 Å². The Morgan fingerprint density at radius 3 is 2.69 bits per heavy atom. The second-order valence-corrected chi connectivity index (χ2v) is 8.22. The lowest BCUT2D eigenvalue weighted by Gasteiger charge is -2.22. The first-order valence-electron chi connectivity index (χ1n) is 11.6. The summed E-state index contributed by atoms with van der Waals surface area (Å²) in [7, 11) is 0. The minimum Gasteiger partial charge on any atom is -0.508 e. The lowest BCUT2D eigenvalue weighted by atomic mass is 10.0. The molecule has 1 aliphatic heterocycles. The molecule has 3 aromatic rings. The smallest absolute Gasteiger partial charge is 0.225 e. The molecule has 1 aromatic carbocycles. The molecule has 1 amide bonds. The van der Waals surface area contributed by atoms with Crippen LogP contribution in [0.15, 0.2) is 42.7 Å². The normalized spacial score (nSPS) is 12.6. The van der Waals surface area contributed by atoms with Crippen LogP contribution in [-0.4, -0.2) is 82.1 Å². The molecule has 0 unspecified atom stereocenters. The number of phenolic OH excluding ortho intramolecular Hbond substituents is 1. The summed E-state index contributed by atoms with van der Waals surface area (Å²) in [6, 6.07) is 7.15. The molecule has 0 bridgehead atoms. The number of hydrogen-bond donors (Lipinski definition) is 5. The zero-order chi connectivity index (χ0) is 25.5. The number of nitrogens with one attached hydrogen (secondary N) is 2. The number of fused-ring (bicyclic) bond motifs is 1. The van der Waals surface area contributed by atoms with Gasteiger partial charge < -0.3 is 30.7 Å². The largest absolute Gasteiger partial charge is 0.508 e. The molecule has 0 fully saturated rings. The van der Waals surface area contributed by atoms with E-state index < -0.39 is 5.82 Å². The third kappa shape index (κ3) is 6.06. The Kier molecular flexibility index (Phi) is 8.26. The first kappa shape index (κ1) is 25.3. The van der Waals surface area contributed by atoms with Gasteiger partial charge in [-0.2, -0.15) is 0 Å². The number of phenols is 1. The second-order valence-electron chi connectivity index (χ2n) is 8.22. The quantitative estimate of drug-likeness (QED) is 0.285. The van der Waals surface area contributed by atoms with Crippen molar-refractivity contribution in [3.63, 3.8) is 0 Å². The maximum atomic E-state index is 14.6. The van der Waals surface area contributed by atoms with Gasteiger partial charge in [-0.05, 0) is 30.3 Å². The van der Waals surface area contributed by atoms with Gasteiger partial charge in [-0.3, -0.25) is 14.7 Å². The summed E-state index contributed by atoms with van der Waals surface area (Å²) in [5, 5.41) is 34.1. The third-order valence-corrected chi connectivity index (χ3v) is 5.66. The molecule has 190 valence electrons. The maximum absolute atomic E-state index is 14.6. The molecule has 0 saturated heterocycles. The third-order valence-electron chi connectivity index (χ3n) is 5.66. The maximum Gasteiger partial charge on any atom is 0.225 e. The van der Waals surface area contributed by atoms with Crippen molar-refractivity contribution in [2.24, 2.45) is 0 Å². The predicted octanol–water partition coefficient (Wildman–Crippen LogP) is 2.07. The van der Waals surface area contributed by atoms with Crippen molar-refractivity contribution in [1.82, 2.24) is 14.9 Å². The van der Waals surface area contributed by atoms with Crippen LogP contribution in [0.1, 0.15) is 6.42 Å². The fourth-order valence-electron chi connectivity index (χ4n) is 3.94. The van der Waals surface area contributed by atoms with Gasteiger partial charge in [0.15, 0.2) is 11.6 Å². The Hall–Kier alpha value is -3.80. The number of halogens is 1. The van der Waals surface area contributed by atoms with Crippen LogP contribution in [0.3, 0.4) is 0 Å². The average molecular weight is 498 g/mol. The fraction of sp³-hybridized carbons (Fsp3) is 0.320. The molecule has 5 N–H and O–H groups in total. The van der Waals surface area contributed by atoms with E-state index in [9.17, 15) is 14.3 Å². The number of rotatable bonds is 10. The van der Waals surface area contributed by atoms with Crippen LogP contribution in [0.25, 0.3) is 22.4 Å². The number of nitrogens with zero attached hydrogens (tertiary/aromatic N) is 3. The number of pyridine rings is 2. The molecule has 36 heavy (non-hydrogen) atoms. The molecule has 0 aliphatic carbocycles. The minimum atomic E-state index is -0.529. The van der Waals surface area contributed by atoms with E-state index in [2.05, 4.69) is 20.6 Å². The lowest BCUT2D eigenvalue weighted by Crippen LogP contribution is -2.32. The highest BCUT2D eigenvalue weighted by Gasteiger charge is 2.21. The summed E-state index contributed by atoms with van der Waals surface area (Å²) in [5.74, 6) is 0.0726. The van der Waals surface area contributed by atoms with Gasteiger partial charge in [0.05, 0.1) is 37.3 Å². The molecule has 11 heteroatoms. The first-order chi connectivity index (χ1) is 17.5. The number of aliphatic hydroxyl groups excluding tert-OH is 2. The SMILES string of the molecule is O=C(CCN(CCO)CCO)Nc1cncc(-c2cc(-c3cc(O)ccc3F)nc3c2OCCN3)c1. The molecule has 10 nitrogen and oxygen atoms in total. The summed E-state index contributed by atoms with van der Waals surface area (Å²) in [4.78, 5) is 23.1. The van der Waals surface area contributed by atoms with Crippen LogP contribution >= 0.6 is 0 Å². The van der Waals surface area contributed by atoms with Crippen molar-refractivity contribution >= 4 is 17.4 Å². The Morgan fingerprint density at radius 2 is 1.92 bits per heavy atom. The molecule has 0 saturated carbocycles. The Labute approximate surface area is 207 Å². The van der Waals surface area contributed by atoms with E-state index in [0.717, 1.165) is 0 Å². The van der Waals surface area contributed by atoms with Crippen molar-refractivity contribution in [1.29, 1.82) is 0 Å². The number of carbonyl (C=O) groups excluding carboxylic acids is 1. The molecule has 0 atom stereocenters. The van der Waals surface area contributed by atoms with Crippen LogP contribution in [0, 0.1) is 5.82 Å². The zero-order valence-electron chi connectivity index (χ0n) is 19.6. The number of carbonyl (C=O) groups is 1. The van der Waals surface area contributed by atoms with Gasteiger partial charge >= 0.3 is 0 Å². The summed E-state index contributed by atoms with van der Waals surface area (Å²) < 4.78 is 20.4. The van der Waals surface area contributed by atoms with E-state index >= 15 is 0 Å². The van der Waals surface area contributed by atoms with Crippen LogP contribution in [-0.2, 0) is 4.79 Å². The van der Waals surface area contributed by atoms with Gasteiger partial charge in [0.1, 0.15) is 18.2 Å². The number of hydrogen-bond acceptors (Lipinski definition) is 9. The van der Waals surface area contributed by atoms with Crippen molar-refractivity contribution in [3.8, 4) is 33.9 Å². The molecule has 3 heterocycles. The monoisotopic (exact) mass is 497 g/mol. The number of benzene rings is 1. The Bertz CT molecular complexity index is 1220. The lowest BCUT2D eigenvalue weighted by molar-refractivity contribution is -0.116. The first-order valence-corrected chi connectivity index (χ1v) is 11.6. The van der Waals surface area contributed by atoms with Gasteiger partial charge in [-0.25, -0.2) is 9.37 Å². The predicted molar refractivity (Wildman–Crippen MR) is 132 cm³/mol. The van der Waals surface area contributed by atoms with Crippen molar-refractivity contribution in [3.05, 3.63) is 48.5 Å². The second kappa shape index (κ2) is 11.8. The van der Waals surface area contributed by atoms with Gasteiger partial charge in [0, 0.05) is 48.9 Å². The minimum absolute atomic E-state index is 0.0603. The van der Waals surface area contributed by atoms with E-state index in [1.54, 1.807) is 23.2 Å². The van der Waals surface area contributed by atoms with Crippen LogP contribution in [0.2, 0.25) is 0 Å². The molecule has 4 rings (SSSR count). The van der Waals surface area contributed by atoms with Gasteiger partial charge in [-0.1, -0.05) is 0 Å². The molecule has 1 aliphatic rings. The van der Waals surface area contributed by atoms with Gasteiger partial charge in [0.2, 0.25) is 5.91 Å². The zero-order valence-corrected chi connectivity index (χ0v) is 19.6. The van der Waals surface area contributed by atoms with Gasteiger partial charge in [0.25, 0.3) is 0 Å². The molecule has 0 spiro atoms. The highest BCUT2D eigenvalue weighted by molar-refractivity contribution is 5.92. The number of amides is 1. The number of ether oxygens (including phenoxy) is 1. The van der Waals surface area contributed by atoms with Crippen molar-refractivity contribution in [2.45, 2.75) is 6.42 Å². The van der Waals surface area contributed by atoms with E-state index in [0.29, 0.717) is 66.9 Å². The summed E-state index contributed by atoms with van der Waals surface area (Å²) in [5.41, 5.74) is 2.13. The molecular formula is C25H28FN5O5. The van der Waals surface area contributed by atoms with Crippen molar-refractivity contribution < 1.29 is 29.2 Å². The van der Waals surface area contributed by atoms with E-state index in [1.165, 1.54) is 24.4 Å².